The van der Waals surface area contributed by atoms with E-state index in [4.69, 9.17) is 0 Å². The van der Waals surface area contributed by atoms with Crippen LogP contribution in [0.15, 0.2) is 18.3 Å². The molecule has 3 N–H and O–H groups in total. The number of fused-ring (bicyclic) bond motifs is 1. The smallest absolute Gasteiger partial charge is 0.220 e. The van der Waals surface area contributed by atoms with Gasteiger partial charge in [-0.3, -0.25) is 4.79 Å². The number of hydrogen-bond donors (Lipinski definition) is 3. The summed E-state index contributed by atoms with van der Waals surface area (Å²) in [6.45, 7) is 4.36. The van der Waals surface area contributed by atoms with Crippen molar-refractivity contribution < 1.29 is 9.90 Å². The second-order valence-corrected chi connectivity index (χ2v) is 5.55. The number of carbonyl (C=O) groups excluding carboxylic acids is 1. The third kappa shape index (κ3) is 4.82. The molecule has 0 spiro atoms. The molecule has 0 bridgehead atoms. The lowest BCUT2D eigenvalue weighted by molar-refractivity contribution is -0.121. The molecule has 0 aliphatic heterocycles. The van der Waals surface area contributed by atoms with Gasteiger partial charge < -0.3 is 15.4 Å². The van der Waals surface area contributed by atoms with E-state index >= 15 is 0 Å². The first kappa shape index (κ1) is 15.4. The van der Waals surface area contributed by atoms with Crippen molar-refractivity contribution in [2.75, 3.05) is 6.54 Å². The minimum Gasteiger partial charge on any atom is -0.393 e. The van der Waals surface area contributed by atoms with E-state index in [0.29, 0.717) is 31.5 Å². The molecule has 2 atom stereocenters. The molecule has 0 aliphatic carbocycles. The largest absolute Gasteiger partial charge is 0.393 e. The predicted octanol–water partition coefficient (Wildman–Crippen LogP) is 1.41. The summed E-state index contributed by atoms with van der Waals surface area (Å²) in [4.78, 5) is 23.4. The maximum absolute atomic E-state index is 11.8. The molecule has 0 radical (unpaired) electrons. The highest BCUT2D eigenvalue weighted by Gasteiger charge is 2.10. The van der Waals surface area contributed by atoms with Crippen LogP contribution in [0.5, 0.6) is 0 Å². The van der Waals surface area contributed by atoms with E-state index in [1.807, 2.05) is 19.1 Å². The molecule has 1 amide bonds. The number of pyridine rings is 1. The van der Waals surface area contributed by atoms with Crippen molar-refractivity contribution >= 4 is 17.1 Å². The van der Waals surface area contributed by atoms with Crippen LogP contribution in [-0.2, 0) is 11.2 Å². The zero-order valence-corrected chi connectivity index (χ0v) is 12.5. The summed E-state index contributed by atoms with van der Waals surface area (Å²) >= 11 is 0. The molecule has 0 aliphatic rings. The average molecular weight is 290 g/mol. The molecule has 2 aromatic rings. The highest BCUT2D eigenvalue weighted by atomic mass is 16.3. The Morgan fingerprint density at radius 3 is 3.00 bits per heavy atom. The van der Waals surface area contributed by atoms with Gasteiger partial charge in [-0.15, -0.1) is 0 Å². The number of nitrogens with zero attached hydrogens (tertiary/aromatic N) is 2. The maximum Gasteiger partial charge on any atom is 0.220 e. The van der Waals surface area contributed by atoms with Crippen molar-refractivity contribution in [3.63, 3.8) is 0 Å². The molecule has 21 heavy (non-hydrogen) atoms. The van der Waals surface area contributed by atoms with Gasteiger partial charge in [0, 0.05) is 25.6 Å². The van der Waals surface area contributed by atoms with Crippen LogP contribution < -0.4 is 5.32 Å². The second kappa shape index (κ2) is 7.17. The van der Waals surface area contributed by atoms with E-state index in [1.54, 1.807) is 13.1 Å². The molecular formula is C15H22N4O2. The first-order chi connectivity index (χ1) is 10.0. The van der Waals surface area contributed by atoms with Crippen LogP contribution in [0.4, 0.5) is 0 Å². The number of aliphatic hydroxyl groups excluding tert-OH is 1. The highest BCUT2D eigenvalue weighted by Crippen LogP contribution is 2.09. The van der Waals surface area contributed by atoms with Crippen LogP contribution in [0.3, 0.4) is 0 Å². The summed E-state index contributed by atoms with van der Waals surface area (Å²) in [5.74, 6) is 1.04. The van der Waals surface area contributed by atoms with Gasteiger partial charge >= 0.3 is 0 Å². The molecular weight excluding hydrogens is 268 g/mol. The van der Waals surface area contributed by atoms with Crippen LogP contribution in [0.25, 0.3) is 11.2 Å². The number of aromatic nitrogens is 3. The third-order valence-corrected chi connectivity index (χ3v) is 3.29. The molecule has 0 saturated carbocycles. The van der Waals surface area contributed by atoms with E-state index in [-0.39, 0.29) is 17.9 Å². The minimum absolute atomic E-state index is 0.000795. The molecule has 0 fully saturated rings. The summed E-state index contributed by atoms with van der Waals surface area (Å²) < 4.78 is 0. The summed E-state index contributed by atoms with van der Waals surface area (Å²) in [6, 6.07) is 3.76. The first-order valence-electron chi connectivity index (χ1n) is 7.29. The number of H-pyrrole nitrogens is 1. The van der Waals surface area contributed by atoms with E-state index in [9.17, 15) is 9.90 Å². The van der Waals surface area contributed by atoms with Gasteiger partial charge in [-0.25, -0.2) is 9.97 Å². The number of hydrogen-bond acceptors (Lipinski definition) is 4. The molecule has 0 saturated heterocycles. The van der Waals surface area contributed by atoms with Crippen LogP contribution in [0.1, 0.15) is 32.5 Å². The van der Waals surface area contributed by atoms with Crippen LogP contribution in [-0.4, -0.2) is 38.6 Å². The maximum atomic E-state index is 11.8. The Morgan fingerprint density at radius 1 is 1.48 bits per heavy atom. The van der Waals surface area contributed by atoms with Crippen molar-refractivity contribution in [2.24, 2.45) is 5.92 Å². The fourth-order valence-electron chi connectivity index (χ4n) is 2.29. The lowest BCUT2D eigenvalue weighted by Gasteiger charge is -2.13. The molecule has 2 rings (SSSR count). The second-order valence-electron chi connectivity index (χ2n) is 5.55. The Balaban J connectivity index is 1.76. The molecule has 6 nitrogen and oxygen atoms in total. The molecule has 2 aromatic heterocycles. The van der Waals surface area contributed by atoms with E-state index < -0.39 is 0 Å². The Morgan fingerprint density at radius 2 is 2.29 bits per heavy atom. The van der Waals surface area contributed by atoms with Crippen molar-refractivity contribution in [1.82, 2.24) is 20.3 Å². The number of aryl methyl sites for hydroxylation is 1. The summed E-state index contributed by atoms with van der Waals surface area (Å²) in [5, 5.41) is 12.2. The van der Waals surface area contributed by atoms with E-state index in [2.05, 4.69) is 20.3 Å². The fraction of sp³-hybridized carbons (Fsp3) is 0.533. The zero-order valence-electron chi connectivity index (χ0n) is 12.5. The molecule has 114 valence electrons. The molecule has 6 heteroatoms. The van der Waals surface area contributed by atoms with E-state index in [1.165, 1.54) is 0 Å². The van der Waals surface area contributed by atoms with Gasteiger partial charge in [0.25, 0.3) is 0 Å². The SMILES string of the molecule is CC(O)CC(C)CNC(=O)CCc1nc2ncccc2[nH]1. The summed E-state index contributed by atoms with van der Waals surface area (Å²) in [6.07, 6.45) is 3.01. The van der Waals surface area contributed by atoms with Gasteiger partial charge in [-0.1, -0.05) is 6.92 Å². The normalized spacial score (nSPS) is 14.0. The van der Waals surface area contributed by atoms with Crippen LogP contribution in [0.2, 0.25) is 0 Å². The third-order valence-electron chi connectivity index (χ3n) is 3.29. The Labute approximate surface area is 124 Å². The van der Waals surface area contributed by atoms with Crippen LogP contribution >= 0.6 is 0 Å². The van der Waals surface area contributed by atoms with Crippen molar-refractivity contribution in [3.8, 4) is 0 Å². The highest BCUT2D eigenvalue weighted by molar-refractivity contribution is 5.76. The lowest BCUT2D eigenvalue weighted by Crippen LogP contribution is -2.29. The van der Waals surface area contributed by atoms with Gasteiger partial charge in [0.15, 0.2) is 5.65 Å². The van der Waals surface area contributed by atoms with Gasteiger partial charge in [0.05, 0.1) is 11.6 Å². The standard InChI is InChI=1S/C15H22N4O2/c1-10(8-11(2)20)9-17-14(21)6-5-13-18-12-4-3-7-16-15(12)19-13/h3-4,7,10-11,20H,5-6,8-9H2,1-2H3,(H,17,21)(H,16,18,19). The molecule has 0 aromatic carbocycles. The number of aliphatic hydroxyl groups is 1. The summed E-state index contributed by atoms with van der Waals surface area (Å²) in [7, 11) is 0. The van der Waals surface area contributed by atoms with Gasteiger partial charge in [-0.05, 0) is 31.4 Å². The number of amides is 1. The monoisotopic (exact) mass is 290 g/mol. The molecule has 2 heterocycles. The Hall–Kier alpha value is -1.95. The number of nitrogens with one attached hydrogen (secondary N) is 2. The van der Waals surface area contributed by atoms with Gasteiger partial charge in [0.2, 0.25) is 5.91 Å². The predicted molar refractivity (Wildman–Crippen MR) is 80.7 cm³/mol. The molecule has 2 unspecified atom stereocenters. The first-order valence-corrected chi connectivity index (χ1v) is 7.29. The number of carbonyl (C=O) groups is 1. The zero-order chi connectivity index (χ0) is 15.2. The van der Waals surface area contributed by atoms with E-state index in [0.717, 1.165) is 11.3 Å². The quantitative estimate of drug-likeness (QED) is 0.719. The average Bonchev–Trinajstić information content (AvgIpc) is 2.85. The number of aromatic amines is 1. The Bertz CT molecular complexity index is 561. The van der Waals surface area contributed by atoms with Crippen LogP contribution in [0, 0.1) is 5.92 Å². The summed E-state index contributed by atoms with van der Waals surface area (Å²) in [5.41, 5.74) is 1.57. The minimum atomic E-state index is -0.333. The van der Waals surface area contributed by atoms with Crippen molar-refractivity contribution in [2.45, 2.75) is 39.2 Å². The topological polar surface area (TPSA) is 90.9 Å². The van der Waals surface area contributed by atoms with Gasteiger partial charge in [0.1, 0.15) is 5.82 Å². The Kier molecular flexibility index (Phi) is 5.27. The lowest BCUT2D eigenvalue weighted by atomic mass is 10.0. The van der Waals surface area contributed by atoms with Crippen molar-refractivity contribution in [3.05, 3.63) is 24.2 Å². The van der Waals surface area contributed by atoms with Crippen molar-refractivity contribution in [1.29, 1.82) is 0 Å². The fourth-order valence-corrected chi connectivity index (χ4v) is 2.29. The number of rotatable bonds is 7. The number of imidazole rings is 1. The van der Waals surface area contributed by atoms with Gasteiger partial charge in [-0.2, -0.15) is 0 Å².